The van der Waals surface area contributed by atoms with Crippen molar-refractivity contribution in [3.63, 3.8) is 0 Å². The number of benzene rings is 1. The molecule has 0 aliphatic carbocycles. The molecule has 1 aromatic carbocycles. The first-order valence-corrected chi connectivity index (χ1v) is 5.60. The van der Waals surface area contributed by atoms with Gasteiger partial charge in [0.05, 0.1) is 10.5 Å². The molecular weight excluding hydrogens is 264 g/mol. The summed E-state index contributed by atoms with van der Waals surface area (Å²) in [5.41, 5.74) is 0.208. The Kier molecular flexibility index (Phi) is 3.60. The molecule has 0 bridgehead atoms. The average molecular weight is 274 g/mol. The van der Waals surface area contributed by atoms with Gasteiger partial charge in [0.25, 0.3) is 5.69 Å². The largest absolute Gasteiger partial charge is 0.478 e. The second-order valence-electron chi connectivity index (χ2n) is 3.95. The molecule has 0 spiro atoms. The number of nitro groups is 1. The number of rotatable bonds is 4. The van der Waals surface area contributed by atoms with E-state index in [2.05, 4.69) is 4.98 Å². The molecule has 20 heavy (non-hydrogen) atoms. The van der Waals surface area contributed by atoms with Gasteiger partial charge in [-0.05, 0) is 25.1 Å². The third-order valence-electron chi connectivity index (χ3n) is 2.53. The number of pyridine rings is 1. The Morgan fingerprint density at radius 2 is 2.10 bits per heavy atom. The summed E-state index contributed by atoms with van der Waals surface area (Å²) in [6.45, 7) is 1.50. The molecule has 1 aromatic heterocycles. The van der Waals surface area contributed by atoms with Gasteiger partial charge in [0, 0.05) is 12.1 Å². The summed E-state index contributed by atoms with van der Waals surface area (Å²) >= 11 is 0. The minimum absolute atomic E-state index is 0.0844. The number of aromatic carboxylic acids is 1. The highest BCUT2D eigenvalue weighted by Crippen LogP contribution is 2.24. The summed E-state index contributed by atoms with van der Waals surface area (Å²) in [4.78, 5) is 24.9. The van der Waals surface area contributed by atoms with E-state index in [-0.39, 0.29) is 22.8 Å². The number of ether oxygens (including phenoxy) is 1. The van der Waals surface area contributed by atoms with Gasteiger partial charge in [-0.15, -0.1) is 0 Å². The van der Waals surface area contributed by atoms with Crippen LogP contribution in [0.4, 0.5) is 5.69 Å². The lowest BCUT2D eigenvalue weighted by Gasteiger charge is -2.06. The van der Waals surface area contributed by atoms with E-state index in [0.29, 0.717) is 5.75 Å². The van der Waals surface area contributed by atoms with Crippen LogP contribution < -0.4 is 4.74 Å². The van der Waals surface area contributed by atoms with E-state index >= 15 is 0 Å². The fourth-order valence-corrected chi connectivity index (χ4v) is 1.59. The Bertz CT molecular complexity index is 684. The zero-order valence-electron chi connectivity index (χ0n) is 10.4. The van der Waals surface area contributed by atoms with Crippen LogP contribution in [0.15, 0.2) is 36.4 Å². The van der Waals surface area contributed by atoms with E-state index in [1.165, 1.54) is 37.3 Å². The van der Waals surface area contributed by atoms with Crippen molar-refractivity contribution in [1.82, 2.24) is 4.98 Å². The molecule has 7 nitrogen and oxygen atoms in total. The number of aromatic nitrogens is 1. The van der Waals surface area contributed by atoms with Gasteiger partial charge in [0.1, 0.15) is 11.4 Å². The number of carboxylic acids is 1. The monoisotopic (exact) mass is 274 g/mol. The molecular formula is C13H10N2O5. The molecule has 0 unspecified atom stereocenters. The van der Waals surface area contributed by atoms with Crippen LogP contribution >= 0.6 is 0 Å². The smallest absolute Gasteiger partial charge is 0.335 e. The predicted octanol–water partition coefficient (Wildman–Crippen LogP) is 2.79. The first kappa shape index (κ1) is 13.5. The van der Waals surface area contributed by atoms with Crippen LogP contribution in [0.5, 0.6) is 11.6 Å². The first-order valence-electron chi connectivity index (χ1n) is 5.60. The van der Waals surface area contributed by atoms with Crippen LogP contribution in [0, 0.1) is 17.0 Å². The number of hydrogen-bond donors (Lipinski definition) is 1. The molecule has 0 fully saturated rings. The number of aryl methyl sites for hydroxylation is 1. The van der Waals surface area contributed by atoms with Crippen molar-refractivity contribution >= 4 is 11.7 Å². The fraction of sp³-hybridized carbons (Fsp3) is 0.0769. The normalized spacial score (nSPS) is 10.1. The maximum absolute atomic E-state index is 10.8. The highest BCUT2D eigenvalue weighted by molar-refractivity contribution is 5.88. The van der Waals surface area contributed by atoms with Crippen LogP contribution in [0.2, 0.25) is 0 Å². The third kappa shape index (κ3) is 2.89. The minimum atomic E-state index is -1.07. The topological polar surface area (TPSA) is 103 Å². The standard InChI is InChI=1S/C13H10N2O5/c1-8-11(15(18)19)5-6-12(14-8)20-10-4-2-3-9(7-10)13(16)17/h2-7H,1H3,(H,16,17). The molecule has 0 radical (unpaired) electrons. The number of carbonyl (C=O) groups is 1. The Hall–Kier alpha value is -2.96. The van der Waals surface area contributed by atoms with Crippen LogP contribution in [0.25, 0.3) is 0 Å². The van der Waals surface area contributed by atoms with E-state index < -0.39 is 10.9 Å². The highest BCUT2D eigenvalue weighted by atomic mass is 16.6. The molecule has 102 valence electrons. The van der Waals surface area contributed by atoms with Crippen LogP contribution in [-0.4, -0.2) is 21.0 Å². The molecule has 0 aliphatic rings. The Morgan fingerprint density at radius 3 is 2.70 bits per heavy atom. The maximum atomic E-state index is 10.8. The molecule has 0 saturated carbocycles. The van der Waals surface area contributed by atoms with Crippen LogP contribution in [0.3, 0.4) is 0 Å². The summed E-state index contributed by atoms with van der Waals surface area (Å²) in [5.74, 6) is -0.607. The summed E-state index contributed by atoms with van der Waals surface area (Å²) in [7, 11) is 0. The van der Waals surface area contributed by atoms with Gasteiger partial charge in [-0.1, -0.05) is 6.07 Å². The SMILES string of the molecule is Cc1nc(Oc2cccc(C(=O)O)c2)ccc1[N+](=O)[O-]. The van der Waals surface area contributed by atoms with Gasteiger partial charge in [-0.3, -0.25) is 10.1 Å². The molecule has 2 rings (SSSR count). The van der Waals surface area contributed by atoms with E-state index in [1.807, 2.05) is 0 Å². The zero-order valence-corrected chi connectivity index (χ0v) is 10.4. The summed E-state index contributed by atoms with van der Waals surface area (Å²) in [6.07, 6.45) is 0. The molecule has 0 amide bonds. The van der Waals surface area contributed by atoms with Crippen molar-refractivity contribution in [3.8, 4) is 11.6 Å². The Balaban J connectivity index is 2.26. The van der Waals surface area contributed by atoms with Gasteiger partial charge < -0.3 is 9.84 Å². The number of hydrogen-bond acceptors (Lipinski definition) is 5. The number of nitrogens with zero attached hydrogens (tertiary/aromatic N) is 2. The third-order valence-corrected chi connectivity index (χ3v) is 2.53. The van der Waals surface area contributed by atoms with Crippen LogP contribution in [-0.2, 0) is 0 Å². The van der Waals surface area contributed by atoms with E-state index in [0.717, 1.165) is 0 Å². The average Bonchev–Trinajstić information content (AvgIpc) is 2.38. The first-order chi connectivity index (χ1) is 9.47. The summed E-state index contributed by atoms with van der Waals surface area (Å²) < 4.78 is 5.39. The summed E-state index contributed by atoms with van der Waals surface area (Å²) in [5, 5.41) is 19.5. The molecule has 0 saturated heterocycles. The molecule has 1 N–H and O–H groups in total. The van der Waals surface area contributed by atoms with Crippen molar-refractivity contribution in [3.05, 3.63) is 57.8 Å². The quantitative estimate of drug-likeness (QED) is 0.679. The Labute approximate surface area is 113 Å². The second-order valence-corrected chi connectivity index (χ2v) is 3.95. The summed E-state index contributed by atoms with van der Waals surface area (Å²) in [6, 6.07) is 8.55. The van der Waals surface area contributed by atoms with Crippen molar-refractivity contribution in [1.29, 1.82) is 0 Å². The van der Waals surface area contributed by atoms with Gasteiger partial charge in [-0.25, -0.2) is 9.78 Å². The molecule has 1 heterocycles. The lowest BCUT2D eigenvalue weighted by Crippen LogP contribution is -1.98. The molecule has 0 aliphatic heterocycles. The molecule has 2 aromatic rings. The van der Waals surface area contributed by atoms with E-state index in [1.54, 1.807) is 6.07 Å². The maximum Gasteiger partial charge on any atom is 0.335 e. The lowest BCUT2D eigenvalue weighted by atomic mass is 10.2. The van der Waals surface area contributed by atoms with Gasteiger partial charge in [0.15, 0.2) is 0 Å². The van der Waals surface area contributed by atoms with Crippen molar-refractivity contribution in [2.24, 2.45) is 0 Å². The fourth-order valence-electron chi connectivity index (χ4n) is 1.59. The van der Waals surface area contributed by atoms with Gasteiger partial charge in [-0.2, -0.15) is 0 Å². The van der Waals surface area contributed by atoms with E-state index in [4.69, 9.17) is 9.84 Å². The predicted molar refractivity (Wildman–Crippen MR) is 69.1 cm³/mol. The van der Waals surface area contributed by atoms with Crippen molar-refractivity contribution < 1.29 is 19.6 Å². The number of carboxylic acid groups (broad SMARTS) is 1. The second kappa shape index (κ2) is 5.35. The van der Waals surface area contributed by atoms with Crippen molar-refractivity contribution in [2.75, 3.05) is 0 Å². The molecule has 0 atom stereocenters. The van der Waals surface area contributed by atoms with Gasteiger partial charge in [0.2, 0.25) is 5.88 Å². The Morgan fingerprint density at radius 1 is 1.35 bits per heavy atom. The lowest BCUT2D eigenvalue weighted by molar-refractivity contribution is -0.385. The van der Waals surface area contributed by atoms with Crippen molar-refractivity contribution in [2.45, 2.75) is 6.92 Å². The minimum Gasteiger partial charge on any atom is -0.478 e. The highest BCUT2D eigenvalue weighted by Gasteiger charge is 2.13. The van der Waals surface area contributed by atoms with Gasteiger partial charge >= 0.3 is 5.97 Å². The zero-order chi connectivity index (χ0) is 14.7. The van der Waals surface area contributed by atoms with E-state index in [9.17, 15) is 14.9 Å². The van der Waals surface area contributed by atoms with Crippen LogP contribution in [0.1, 0.15) is 16.1 Å². The molecule has 7 heteroatoms.